The van der Waals surface area contributed by atoms with Gasteiger partial charge in [-0.15, -0.1) is 11.3 Å². The van der Waals surface area contributed by atoms with Crippen LogP contribution in [0.3, 0.4) is 0 Å². The fourth-order valence-electron chi connectivity index (χ4n) is 3.83. The van der Waals surface area contributed by atoms with Crippen molar-refractivity contribution < 1.29 is 14.7 Å². The maximum Gasteiger partial charge on any atom is 0.251 e. The molecule has 0 aromatic carbocycles. The maximum atomic E-state index is 12.7. The number of primary amides is 1. The summed E-state index contributed by atoms with van der Waals surface area (Å²) in [6, 6.07) is 0. The van der Waals surface area contributed by atoms with E-state index in [0.29, 0.717) is 23.7 Å². The lowest BCUT2D eigenvalue weighted by molar-refractivity contribution is -0.116. The molecule has 5 N–H and O–H groups in total. The molecule has 2 aromatic rings. The molecule has 0 saturated carbocycles. The smallest absolute Gasteiger partial charge is 0.251 e. The van der Waals surface area contributed by atoms with Gasteiger partial charge in [0.15, 0.2) is 0 Å². The summed E-state index contributed by atoms with van der Waals surface area (Å²) < 4.78 is 1.63. The molecule has 0 unspecified atom stereocenters. The first kappa shape index (κ1) is 22.5. The maximum absolute atomic E-state index is 12.7. The molecule has 0 bridgehead atoms. The molecular weight excluding hydrogens is 402 g/mol. The number of aliphatic hydroxyl groups excluding tert-OH is 1. The number of aromatic nitrogens is 2. The number of hydrogen-bond acceptors (Lipinski definition) is 6. The Balaban J connectivity index is 1.77. The molecule has 3 rings (SSSR count). The average molecular weight is 434 g/mol. The molecule has 0 aliphatic heterocycles. The first-order valence-electron chi connectivity index (χ1n) is 10.3. The van der Waals surface area contributed by atoms with Gasteiger partial charge in [0, 0.05) is 35.1 Å². The first-order valence-corrected chi connectivity index (χ1v) is 11.1. The van der Waals surface area contributed by atoms with Gasteiger partial charge in [-0.2, -0.15) is 5.10 Å². The molecule has 2 heterocycles. The fourth-order valence-corrected chi connectivity index (χ4v) is 5.15. The van der Waals surface area contributed by atoms with Crippen molar-refractivity contribution in [2.24, 2.45) is 5.73 Å². The van der Waals surface area contributed by atoms with E-state index in [1.54, 1.807) is 4.68 Å². The average Bonchev–Trinajstić information content (AvgIpc) is 3.22. The van der Waals surface area contributed by atoms with Gasteiger partial charge in [-0.1, -0.05) is 20.8 Å². The normalized spacial score (nSPS) is 13.9. The third-order valence-corrected chi connectivity index (χ3v) is 6.34. The summed E-state index contributed by atoms with van der Waals surface area (Å²) in [5, 5.41) is 20.2. The minimum absolute atomic E-state index is 0.0455. The number of anilines is 1. The Morgan fingerprint density at radius 2 is 2.03 bits per heavy atom. The Morgan fingerprint density at radius 3 is 2.70 bits per heavy atom. The SMILES string of the molecule is CC(C)(C)c1nn(CC(=O)Nc2sc3c(c2C(N)=O)CCCC3)cc1CNCCO. The van der Waals surface area contributed by atoms with Gasteiger partial charge in [0.2, 0.25) is 5.91 Å². The highest BCUT2D eigenvalue weighted by atomic mass is 32.1. The van der Waals surface area contributed by atoms with Crippen molar-refractivity contribution in [1.29, 1.82) is 0 Å². The van der Waals surface area contributed by atoms with Crippen LogP contribution >= 0.6 is 11.3 Å². The Morgan fingerprint density at radius 1 is 1.30 bits per heavy atom. The zero-order chi connectivity index (χ0) is 21.9. The van der Waals surface area contributed by atoms with E-state index in [1.807, 2.05) is 6.20 Å². The van der Waals surface area contributed by atoms with Crippen LogP contribution in [0.25, 0.3) is 0 Å². The summed E-state index contributed by atoms with van der Waals surface area (Å²) in [6.07, 6.45) is 5.74. The highest BCUT2D eigenvalue weighted by Gasteiger charge is 2.26. The van der Waals surface area contributed by atoms with Crippen LogP contribution in [-0.2, 0) is 36.1 Å². The predicted molar refractivity (Wildman–Crippen MR) is 118 cm³/mol. The second-order valence-electron chi connectivity index (χ2n) is 8.68. The summed E-state index contributed by atoms with van der Waals surface area (Å²) in [4.78, 5) is 25.9. The first-order chi connectivity index (χ1) is 14.2. The Labute approximate surface area is 180 Å². The van der Waals surface area contributed by atoms with E-state index in [2.05, 4.69) is 36.5 Å². The number of nitrogens with two attached hydrogens (primary N) is 1. The van der Waals surface area contributed by atoms with Crippen LogP contribution in [0.4, 0.5) is 5.00 Å². The number of carbonyl (C=O) groups excluding carboxylic acids is 2. The molecule has 0 atom stereocenters. The van der Waals surface area contributed by atoms with Crippen LogP contribution in [0.5, 0.6) is 0 Å². The Kier molecular flexibility index (Phi) is 6.95. The minimum Gasteiger partial charge on any atom is -0.395 e. The molecular formula is C21H31N5O3S. The zero-order valence-corrected chi connectivity index (χ0v) is 18.7. The molecule has 9 heteroatoms. The summed E-state index contributed by atoms with van der Waals surface area (Å²) >= 11 is 1.46. The molecule has 0 spiro atoms. The van der Waals surface area contributed by atoms with Gasteiger partial charge in [0.05, 0.1) is 17.9 Å². The molecule has 2 amide bonds. The van der Waals surface area contributed by atoms with E-state index in [0.717, 1.165) is 47.4 Å². The summed E-state index contributed by atoms with van der Waals surface area (Å²) in [5.41, 5.74) is 8.80. The lowest BCUT2D eigenvalue weighted by Crippen LogP contribution is -2.22. The van der Waals surface area contributed by atoms with Gasteiger partial charge in [0.25, 0.3) is 5.91 Å². The summed E-state index contributed by atoms with van der Waals surface area (Å²) in [7, 11) is 0. The Bertz CT molecular complexity index is 926. The third-order valence-electron chi connectivity index (χ3n) is 5.13. The largest absolute Gasteiger partial charge is 0.395 e. The quantitative estimate of drug-likeness (QED) is 0.474. The van der Waals surface area contributed by atoms with E-state index in [9.17, 15) is 9.59 Å². The van der Waals surface area contributed by atoms with Gasteiger partial charge in [0.1, 0.15) is 11.5 Å². The zero-order valence-electron chi connectivity index (χ0n) is 17.9. The second-order valence-corrected chi connectivity index (χ2v) is 9.78. The van der Waals surface area contributed by atoms with Crippen LogP contribution in [0, 0.1) is 0 Å². The third kappa shape index (κ3) is 5.08. The molecule has 0 radical (unpaired) electrons. The molecule has 2 aromatic heterocycles. The van der Waals surface area contributed by atoms with E-state index in [1.165, 1.54) is 11.3 Å². The van der Waals surface area contributed by atoms with Crippen LogP contribution in [0.1, 0.15) is 65.7 Å². The van der Waals surface area contributed by atoms with Gasteiger partial charge < -0.3 is 21.5 Å². The van der Waals surface area contributed by atoms with Gasteiger partial charge in [-0.05, 0) is 31.2 Å². The number of amides is 2. The lowest BCUT2D eigenvalue weighted by atomic mass is 9.89. The number of hydrogen-bond donors (Lipinski definition) is 4. The predicted octanol–water partition coefficient (Wildman–Crippen LogP) is 1.94. The molecule has 164 valence electrons. The van der Waals surface area contributed by atoms with E-state index in [4.69, 9.17) is 10.8 Å². The van der Waals surface area contributed by atoms with Crippen LogP contribution in [0.15, 0.2) is 6.20 Å². The topological polar surface area (TPSA) is 122 Å². The molecule has 0 fully saturated rings. The monoisotopic (exact) mass is 433 g/mol. The van der Waals surface area contributed by atoms with Crippen molar-refractivity contribution in [3.63, 3.8) is 0 Å². The fraction of sp³-hybridized carbons (Fsp3) is 0.571. The number of fused-ring (bicyclic) bond motifs is 1. The molecule has 1 aliphatic rings. The van der Waals surface area contributed by atoms with Crippen molar-refractivity contribution >= 4 is 28.2 Å². The standard InChI is InChI=1S/C21H31N5O3S/c1-21(2,3)18-13(10-23-8-9-27)11-26(25-18)12-16(28)24-20-17(19(22)29)14-6-4-5-7-15(14)30-20/h11,23,27H,4-10,12H2,1-3H3,(H2,22,29)(H,24,28). The van der Waals surface area contributed by atoms with E-state index in [-0.39, 0.29) is 24.5 Å². The number of rotatable bonds is 8. The number of carbonyl (C=O) groups is 2. The van der Waals surface area contributed by atoms with Crippen molar-refractivity contribution in [1.82, 2.24) is 15.1 Å². The van der Waals surface area contributed by atoms with E-state index >= 15 is 0 Å². The number of nitrogens with zero attached hydrogens (tertiary/aromatic N) is 2. The molecule has 1 aliphatic carbocycles. The Hall–Kier alpha value is -2.23. The van der Waals surface area contributed by atoms with Crippen LogP contribution < -0.4 is 16.4 Å². The highest BCUT2D eigenvalue weighted by Crippen LogP contribution is 2.37. The van der Waals surface area contributed by atoms with Gasteiger partial charge in [-0.25, -0.2) is 0 Å². The summed E-state index contributed by atoms with van der Waals surface area (Å²) in [5.74, 6) is -0.732. The van der Waals surface area contributed by atoms with Crippen LogP contribution in [-0.4, -0.2) is 39.9 Å². The van der Waals surface area contributed by atoms with Gasteiger partial charge in [-0.3, -0.25) is 14.3 Å². The van der Waals surface area contributed by atoms with Gasteiger partial charge >= 0.3 is 0 Å². The molecule has 8 nitrogen and oxygen atoms in total. The van der Waals surface area contributed by atoms with Crippen molar-refractivity contribution in [3.8, 4) is 0 Å². The van der Waals surface area contributed by atoms with Crippen molar-refractivity contribution in [3.05, 3.63) is 33.5 Å². The van der Waals surface area contributed by atoms with Crippen molar-refractivity contribution in [2.75, 3.05) is 18.5 Å². The number of thiophene rings is 1. The van der Waals surface area contributed by atoms with E-state index < -0.39 is 5.91 Å². The number of aryl methyl sites for hydroxylation is 1. The van der Waals surface area contributed by atoms with Crippen molar-refractivity contribution in [2.45, 2.75) is 65.0 Å². The lowest BCUT2D eigenvalue weighted by Gasteiger charge is -2.17. The highest BCUT2D eigenvalue weighted by molar-refractivity contribution is 7.17. The number of nitrogens with one attached hydrogen (secondary N) is 2. The summed E-state index contributed by atoms with van der Waals surface area (Å²) in [6.45, 7) is 7.39. The molecule has 30 heavy (non-hydrogen) atoms. The minimum atomic E-state index is -0.490. The number of aliphatic hydroxyl groups is 1. The second kappa shape index (κ2) is 9.28. The van der Waals surface area contributed by atoms with Crippen LogP contribution in [0.2, 0.25) is 0 Å². The molecule has 0 saturated heterocycles.